The molecule has 0 saturated carbocycles. The molecule has 1 fully saturated rings. The molecule has 4 rings (SSSR count). The Morgan fingerprint density at radius 1 is 1.23 bits per heavy atom. The standard InChI is InChI=1S/C18H24N6O2/c1-12(2)17-14(19-11-26-17)10-23-8-6-13(7-9-23)18-21-20-15-4-5-16(25-3)22-24(15)18/h4-5,11-13H,6-10H2,1-3H3. The Hall–Kier alpha value is -2.48. The summed E-state index contributed by atoms with van der Waals surface area (Å²) in [4.78, 5) is 6.83. The number of ether oxygens (including phenoxy) is 1. The predicted octanol–water partition coefficient (Wildman–Crippen LogP) is 2.62. The quantitative estimate of drug-likeness (QED) is 0.695. The van der Waals surface area contributed by atoms with Gasteiger partial charge in [-0.2, -0.15) is 4.52 Å². The molecule has 4 heterocycles. The molecular weight excluding hydrogens is 332 g/mol. The van der Waals surface area contributed by atoms with Crippen LogP contribution in [-0.4, -0.2) is 49.9 Å². The molecule has 138 valence electrons. The molecule has 0 radical (unpaired) electrons. The van der Waals surface area contributed by atoms with Crippen molar-refractivity contribution in [1.29, 1.82) is 0 Å². The number of piperidine rings is 1. The summed E-state index contributed by atoms with van der Waals surface area (Å²) in [5.74, 6) is 3.19. The van der Waals surface area contributed by atoms with Gasteiger partial charge < -0.3 is 9.15 Å². The molecule has 0 spiro atoms. The lowest BCUT2D eigenvalue weighted by Gasteiger charge is -2.30. The molecule has 8 heteroatoms. The molecule has 0 N–H and O–H groups in total. The second kappa shape index (κ2) is 7.03. The Kier molecular flexibility index (Phi) is 4.58. The zero-order valence-corrected chi connectivity index (χ0v) is 15.4. The van der Waals surface area contributed by atoms with Gasteiger partial charge in [-0.3, -0.25) is 4.90 Å². The van der Waals surface area contributed by atoms with Gasteiger partial charge in [0.1, 0.15) is 5.76 Å². The molecule has 0 aliphatic carbocycles. The van der Waals surface area contributed by atoms with Gasteiger partial charge >= 0.3 is 0 Å². The van der Waals surface area contributed by atoms with Crippen molar-refractivity contribution in [1.82, 2.24) is 29.7 Å². The van der Waals surface area contributed by atoms with Gasteiger partial charge in [-0.15, -0.1) is 15.3 Å². The van der Waals surface area contributed by atoms with E-state index >= 15 is 0 Å². The molecule has 3 aromatic heterocycles. The van der Waals surface area contributed by atoms with Crippen molar-refractivity contribution in [3.8, 4) is 5.88 Å². The third-order valence-corrected chi connectivity index (χ3v) is 4.99. The smallest absolute Gasteiger partial charge is 0.231 e. The molecular formula is C18H24N6O2. The number of rotatable bonds is 5. The Bertz CT molecular complexity index is 879. The summed E-state index contributed by atoms with van der Waals surface area (Å²) >= 11 is 0. The molecule has 0 amide bonds. The van der Waals surface area contributed by atoms with E-state index in [9.17, 15) is 0 Å². The van der Waals surface area contributed by atoms with Crippen LogP contribution < -0.4 is 4.74 Å². The van der Waals surface area contributed by atoms with Crippen LogP contribution >= 0.6 is 0 Å². The van der Waals surface area contributed by atoms with E-state index in [0.29, 0.717) is 17.7 Å². The van der Waals surface area contributed by atoms with E-state index in [1.54, 1.807) is 19.6 Å². The first-order valence-corrected chi connectivity index (χ1v) is 9.06. The predicted molar refractivity (Wildman–Crippen MR) is 95.2 cm³/mol. The molecule has 0 atom stereocenters. The number of fused-ring (bicyclic) bond motifs is 1. The minimum absolute atomic E-state index is 0.350. The van der Waals surface area contributed by atoms with Crippen LogP contribution in [0.5, 0.6) is 5.88 Å². The fourth-order valence-electron chi connectivity index (χ4n) is 3.58. The highest BCUT2D eigenvalue weighted by Crippen LogP contribution is 2.29. The van der Waals surface area contributed by atoms with Crippen LogP contribution in [0.1, 0.15) is 55.8 Å². The second-order valence-corrected chi connectivity index (χ2v) is 7.07. The molecule has 26 heavy (non-hydrogen) atoms. The summed E-state index contributed by atoms with van der Waals surface area (Å²) in [6.45, 7) is 7.09. The lowest BCUT2D eigenvalue weighted by molar-refractivity contribution is 0.197. The third kappa shape index (κ3) is 3.16. The maximum Gasteiger partial charge on any atom is 0.231 e. The molecule has 3 aromatic rings. The van der Waals surface area contributed by atoms with Gasteiger partial charge in [0.05, 0.1) is 12.8 Å². The Morgan fingerprint density at radius 2 is 2.04 bits per heavy atom. The van der Waals surface area contributed by atoms with E-state index in [4.69, 9.17) is 9.15 Å². The van der Waals surface area contributed by atoms with Crippen molar-refractivity contribution in [2.45, 2.75) is 45.1 Å². The first-order chi connectivity index (χ1) is 12.7. The van der Waals surface area contributed by atoms with Crippen LogP contribution in [0.4, 0.5) is 0 Å². The van der Waals surface area contributed by atoms with Crippen LogP contribution in [0, 0.1) is 0 Å². The second-order valence-electron chi connectivity index (χ2n) is 7.07. The first kappa shape index (κ1) is 17.0. The van der Waals surface area contributed by atoms with Gasteiger partial charge in [0, 0.05) is 24.4 Å². The molecule has 0 bridgehead atoms. The molecule has 0 aromatic carbocycles. The SMILES string of the molecule is COc1ccc2nnc(C3CCN(Cc4ncoc4C(C)C)CC3)n2n1. The fourth-order valence-corrected chi connectivity index (χ4v) is 3.58. The first-order valence-electron chi connectivity index (χ1n) is 9.06. The van der Waals surface area contributed by atoms with Gasteiger partial charge in [0.2, 0.25) is 5.88 Å². The average Bonchev–Trinajstić information content (AvgIpc) is 3.28. The van der Waals surface area contributed by atoms with Crippen molar-refractivity contribution in [3.63, 3.8) is 0 Å². The monoisotopic (exact) mass is 356 g/mol. The highest BCUT2D eigenvalue weighted by molar-refractivity contribution is 5.38. The summed E-state index contributed by atoms with van der Waals surface area (Å²) in [6, 6.07) is 3.69. The number of likely N-dealkylation sites (tertiary alicyclic amines) is 1. The number of hydrogen-bond acceptors (Lipinski definition) is 7. The van der Waals surface area contributed by atoms with Crippen molar-refractivity contribution in [2.24, 2.45) is 0 Å². The van der Waals surface area contributed by atoms with E-state index in [1.165, 1.54) is 0 Å². The van der Waals surface area contributed by atoms with Crippen LogP contribution in [0.15, 0.2) is 22.9 Å². The van der Waals surface area contributed by atoms with E-state index in [-0.39, 0.29) is 0 Å². The van der Waals surface area contributed by atoms with E-state index in [0.717, 1.165) is 55.4 Å². The van der Waals surface area contributed by atoms with E-state index in [2.05, 4.69) is 39.0 Å². The molecule has 1 aliphatic rings. The Balaban J connectivity index is 1.44. The summed E-state index contributed by atoms with van der Waals surface area (Å²) in [7, 11) is 1.62. The molecule has 1 aliphatic heterocycles. The number of aromatic nitrogens is 5. The van der Waals surface area contributed by atoms with Crippen molar-refractivity contribution < 1.29 is 9.15 Å². The van der Waals surface area contributed by atoms with Gasteiger partial charge in [-0.1, -0.05) is 13.8 Å². The molecule has 0 unspecified atom stereocenters. The maximum atomic E-state index is 5.54. The van der Waals surface area contributed by atoms with E-state index < -0.39 is 0 Å². The lowest BCUT2D eigenvalue weighted by atomic mass is 9.96. The lowest BCUT2D eigenvalue weighted by Crippen LogP contribution is -2.33. The number of hydrogen-bond donors (Lipinski definition) is 0. The maximum absolute atomic E-state index is 5.54. The van der Waals surface area contributed by atoms with Gasteiger partial charge in [-0.05, 0) is 32.0 Å². The van der Waals surface area contributed by atoms with Crippen LogP contribution in [0.3, 0.4) is 0 Å². The number of nitrogens with zero attached hydrogens (tertiary/aromatic N) is 6. The minimum atomic E-state index is 0.350. The number of oxazole rings is 1. The largest absolute Gasteiger partial charge is 0.480 e. The van der Waals surface area contributed by atoms with E-state index in [1.807, 2.05) is 10.6 Å². The Labute approximate surface area is 152 Å². The summed E-state index contributed by atoms with van der Waals surface area (Å²) in [5, 5.41) is 13.1. The summed E-state index contributed by atoms with van der Waals surface area (Å²) < 4.78 is 12.6. The summed E-state index contributed by atoms with van der Waals surface area (Å²) in [5.41, 5.74) is 1.81. The van der Waals surface area contributed by atoms with Crippen molar-refractivity contribution in [3.05, 3.63) is 35.8 Å². The van der Waals surface area contributed by atoms with Crippen LogP contribution in [0.25, 0.3) is 5.65 Å². The van der Waals surface area contributed by atoms with Gasteiger partial charge in [-0.25, -0.2) is 4.98 Å². The fraction of sp³-hybridized carbons (Fsp3) is 0.556. The zero-order chi connectivity index (χ0) is 18.1. The minimum Gasteiger partial charge on any atom is -0.480 e. The topological polar surface area (TPSA) is 81.6 Å². The Morgan fingerprint density at radius 3 is 2.77 bits per heavy atom. The highest BCUT2D eigenvalue weighted by Gasteiger charge is 2.26. The van der Waals surface area contributed by atoms with Crippen LogP contribution in [-0.2, 0) is 6.54 Å². The average molecular weight is 356 g/mol. The third-order valence-electron chi connectivity index (χ3n) is 4.99. The van der Waals surface area contributed by atoms with Crippen molar-refractivity contribution in [2.75, 3.05) is 20.2 Å². The molecule has 1 saturated heterocycles. The van der Waals surface area contributed by atoms with Gasteiger partial charge in [0.25, 0.3) is 0 Å². The normalized spacial score (nSPS) is 16.6. The van der Waals surface area contributed by atoms with Crippen molar-refractivity contribution >= 4 is 5.65 Å². The van der Waals surface area contributed by atoms with Gasteiger partial charge in [0.15, 0.2) is 17.9 Å². The summed E-state index contributed by atoms with van der Waals surface area (Å²) in [6.07, 6.45) is 3.60. The highest BCUT2D eigenvalue weighted by atomic mass is 16.5. The molecule has 8 nitrogen and oxygen atoms in total. The van der Waals surface area contributed by atoms with Crippen LogP contribution in [0.2, 0.25) is 0 Å². The number of methoxy groups -OCH3 is 1. The zero-order valence-electron chi connectivity index (χ0n) is 15.4.